The van der Waals surface area contributed by atoms with Crippen LogP contribution in [0.2, 0.25) is 5.02 Å². The molecular weight excluding hydrogens is 751 g/mol. The molecule has 2 fully saturated rings. The molecule has 2 aliphatic heterocycles. The van der Waals surface area contributed by atoms with Crippen LogP contribution in [0.3, 0.4) is 0 Å². The van der Waals surface area contributed by atoms with Gasteiger partial charge in [0.2, 0.25) is 11.8 Å². The van der Waals surface area contributed by atoms with Gasteiger partial charge in [0.15, 0.2) is 23.0 Å². The number of aromatic nitrogens is 5. The number of carbonyl (C=O) groups excluding carboxylic acids is 2. The van der Waals surface area contributed by atoms with E-state index in [1.807, 2.05) is 0 Å². The topological polar surface area (TPSA) is 169 Å². The summed E-state index contributed by atoms with van der Waals surface area (Å²) in [5.74, 6) is -2.88. The summed E-state index contributed by atoms with van der Waals surface area (Å²) in [5, 5.41) is 10.2. The van der Waals surface area contributed by atoms with Crippen LogP contribution in [0.5, 0.6) is 23.0 Å². The first-order chi connectivity index (χ1) is 26.7. The van der Waals surface area contributed by atoms with Crippen LogP contribution in [0.4, 0.5) is 10.1 Å². The summed E-state index contributed by atoms with van der Waals surface area (Å²) in [7, 11) is 5.94. The van der Waals surface area contributed by atoms with Crippen molar-refractivity contribution in [2.24, 2.45) is 18.4 Å². The number of hydrogen-bond acceptors (Lipinski definition) is 10. The quantitative estimate of drug-likeness (QED) is 0.181. The highest BCUT2D eigenvalue weighted by atomic mass is 35.5. The van der Waals surface area contributed by atoms with Gasteiger partial charge in [-0.05, 0) is 54.8 Å². The van der Waals surface area contributed by atoms with Crippen LogP contribution in [0, 0.1) is 17.2 Å². The lowest BCUT2D eigenvalue weighted by atomic mass is 9.56. The van der Waals surface area contributed by atoms with E-state index in [1.165, 1.54) is 53.5 Å². The lowest BCUT2D eigenvalue weighted by Gasteiger charge is -2.47. The second-order valence-corrected chi connectivity index (χ2v) is 14.7. The Hall–Kier alpha value is -6.16. The third-order valence-electron chi connectivity index (χ3n) is 11.5. The third kappa shape index (κ3) is 5.22. The molecule has 3 aromatic carbocycles. The van der Waals surface area contributed by atoms with Gasteiger partial charge in [-0.15, -0.1) is 0 Å². The fourth-order valence-electron chi connectivity index (χ4n) is 8.73. The van der Waals surface area contributed by atoms with Crippen LogP contribution in [0.15, 0.2) is 74.6 Å². The van der Waals surface area contributed by atoms with Gasteiger partial charge in [0, 0.05) is 38.1 Å². The number of phenols is 1. The van der Waals surface area contributed by atoms with Crippen molar-refractivity contribution in [3.8, 4) is 23.0 Å². The highest BCUT2D eigenvalue weighted by Crippen LogP contribution is 2.61. The Balaban J connectivity index is 1.21. The molecule has 0 radical (unpaired) electrons. The minimum Gasteiger partial charge on any atom is -0.504 e. The molecule has 1 saturated heterocycles. The van der Waals surface area contributed by atoms with Crippen LogP contribution in [-0.4, -0.2) is 61.7 Å². The molecule has 5 aromatic rings. The molecule has 56 heavy (non-hydrogen) atoms. The maximum Gasteiger partial charge on any atom is 0.347 e. The van der Waals surface area contributed by atoms with E-state index in [0.29, 0.717) is 33.7 Å². The smallest absolute Gasteiger partial charge is 0.347 e. The summed E-state index contributed by atoms with van der Waals surface area (Å²) in [6, 6.07) is 10.7. The van der Waals surface area contributed by atoms with E-state index in [0.717, 1.165) is 15.5 Å². The van der Waals surface area contributed by atoms with Crippen molar-refractivity contribution >= 4 is 40.1 Å². The van der Waals surface area contributed by atoms with Crippen molar-refractivity contribution in [1.29, 1.82) is 0 Å². The second kappa shape index (κ2) is 13.3. The SMILES string of the molecule is COc1cc([C@H]2C3=CCn4c(=O)n(CCc5nc6cc(OC)c(OC)cc6n(C)c5=O)c(=O)n4[C@@H]3C[C@H]3C(=O)N(c4ccc(F)c(Cl)c4)C(=O)[C@@]23C)ccc1O. The van der Waals surface area contributed by atoms with Gasteiger partial charge in [-0.2, -0.15) is 0 Å². The van der Waals surface area contributed by atoms with Gasteiger partial charge in [-0.3, -0.25) is 14.4 Å². The molecule has 2 amide bonds. The molecule has 2 aromatic heterocycles. The number of allylic oxidation sites excluding steroid dienone is 2. The molecular formula is C39H36ClFN6O9. The van der Waals surface area contributed by atoms with Gasteiger partial charge in [0.1, 0.15) is 11.5 Å². The molecule has 4 heterocycles. The van der Waals surface area contributed by atoms with Crippen molar-refractivity contribution in [3.63, 3.8) is 0 Å². The number of hydrogen-bond donors (Lipinski definition) is 1. The first-order valence-corrected chi connectivity index (χ1v) is 18.1. The second-order valence-electron chi connectivity index (χ2n) is 14.2. The minimum absolute atomic E-state index is 0.0223. The monoisotopic (exact) mass is 786 g/mol. The number of halogens is 2. The number of phenolic OH excluding ortho intramolecular Hbond substituents is 1. The number of carbonyl (C=O) groups is 2. The van der Waals surface area contributed by atoms with Gasteiger partial charge in [-0.1, -0.05) is 23.7 Å². The standard InChI is InChI=1S/C39H36ClFN6O9/c1-39-22(34(49)46(36(39)51)20-7-8-24(41)23(40)15-20)16-27-21(33(39)19-6-9-29(48)30(14-19)54-3)10-13-45-37(52)44(38(53)47(27)45)12-11-25-35(50)43(2)28-18-32(56-5)31(55-4)17-26(28)42-25/h6-10,14-15,17-18,22,27,33,48H,11-13,16H2,1-5H3/t22-,27+,33-,39+/m0/s1. The number of anilines is 1. The Kier molecular flexibility index (Phi) is 8.71. The number of amides is 2. The van der Waals surface area contributed by atoms with Crippen LogP contribution < -0.4 is 36.0 Å². The molecule has 15 nitrogen and oxygen atoms in total. The van der Waals surface area contributed by atoms with Crippen LogP contribution in [0.25, 0.3) is 11.0 Å². The van der Waals surface area contributed by atoms with Gasteiger partial charge >= 0.3 is 11.4 Å². The molecule has 290 valence electrons. The summed E-state index contributed by atoms with van der Waals surface area (Å²) in [6.45, 7) is 1.48. The van der Waals surface area contributed by atoms with Crippen LogP contribution in [-0.2, 0) is 36.1 Å². The maximum atomic E-state index is 14.6. The van der Waals surface area contributed by atoms with Gasteiger partial charge in [-0.25, -0.2) is 37.8 Å². The number of methoxy groups -OCH3 is 3. The highest BCUT2D eigenvalue weighted by molar-refractivity contribution is 6.31. The molecule has 1 saturated carbocycles. The Labute approximate surface area is 322 Å². The van der Waals surface area contributed by atoms with Crippen molar-refractivity contribution in [3.05, 3.63) is 114 Å². The third-order valence-corrected chi connectivity index (χ3v) is 11.8. The van der Waals surface area contributed by atoms with E-state index >= 15 is 0 Å². The van der Waals surface area contributed by atoms with E-state index < -0.39 is 57.9 Å². The van der Waals surface area contributed by atoms with Crippen LogP contribution in [0.1, 0.15) is 36.6 Å². The highest BCUT2D eigenvalue weighted by Gasteiger charge is 2.65. The number of ether oxygens (including phenoxy) is 3. The maximum absolute atomic E-state index is 14.6. The Morgan fingerprint density at radius 1 is 0.946 bits per heavy atom. The number of benzene rings is 3. The van der Waals surface area contributed by atoms with Crippen LogP contribution >= 0.6 is 11.6 Å². The van der Waals surface area contributed by atoms with Gasteiger partial charge in [0.05, 0.1) is 67.0 Å². The zero-order chi connectivity index (χ0) is 40.0. The fourth-order valence-corrected chi connectivity index (χ4v) is 8.90. The lowest BCUT2D eigenvalue weighted by molar-refractivity contribution is -0.129. The van der Waals surface area contributed by atoms with Crippen molar-refractivity contribution in [2.45, 2.75) is 44.8 Å². The summed E-state index contributed by atoms with van der Waals surface area (Å²) in [6.07, 6.45) is 1.71. The molecule has 0 unspecified atom stereocenters. The zero-order valence-corrected chi connectivity index (χ0v) is 31.7. The molecule has 4 atom stereocenters. The Bertz CT molecular complexity index is 2730. The van der Waals surface area contributed by atoms with Crippen molar-refractivity contribution < 1.29 is 33.3 Å². The molecule has 17 heteroatoms. The molecule has 1 N–H and O–H groups in total. The van der Waals surface area contributed by atoms with Gasteiger partial charge < -0.3 is 23.9 Å². The predicted molar refractivity (Wildman–Crippen MR) is 201 cm³/mol. The van der Waals surface area contributed by atoms with E-state index in [2.05, 4.69) is 4.98 Å². The molecule has 8 rings (SSSR count). The van der Waals surface area contributed by atoms with E-state index in [-0.39, 0.29) is 53.8 Å². The number of rotatable bonds is 8. The Morgan fingerprint density at radius 2 is 1.66 bits per heavy atom. The average molecular weight is 787 g/mol. The summed E-state index contributed by atoms with van der Waals surface area (Å²) >= 11 is 6.09. The molecule has 0 spiro atoms. The van der Waals surface area contributed by atoms with E-state index in [9.17, 15) is 33.5 Å². The lowest BCUT2D eigenvalue weighted by Crippen LogP contribution is -2.49. The van der Waals surface area contributed by atoms with E-state index in [1.54, 1.807) is 44.3 Å². The normalized spacial score (nSPS) is 21.4. The summed E-state index contributed by atoms with van der Waals surface area (Å²) in [4.78, 5) is 76.4. The van der Waals surface area contributed by atoms with Crippen molar-refractivity contribution in [1.82, 2.24) is 23.5 Å². The predicted octanol–water partition coefficient (Wildman–Crippen LogP) is 3.69. The molecule has 0 bridgehead atoms. The van der Waals surface area contributed by atoms with E-state index in [4.69, 9.17) is 25.8 Å². The number of aryl methyl sites for hydroxylation is 2. The first kappa shape index (κ1) is 36.8. The zero-order valence-electron chi connectivity index (χ0n) is 30.9. The summed E-state index contributed by atoms with van der Waals surface area (Å²) in [5.41, 5.74) is -0.830. The number of aromatic hydroxyl groups is 1. The largest absolute Gasteiger partial charge is 0.504 e. The molecule has 1 aliphatic carbocycles. The minimum atomic E-state index is -1.43. The Morgan fingerprint density at radius 3 is 2.36 bits per heavy atom. The number of fused-ring (bicyclic) bond motifs is 5. The first-order valence-electron chi connectivity index (χ1n) is 17.7. The number of nitrogens with zero attached hydrogens (tertiary/aromatic N) is 6. The van der Waals surface area contributed by atoms with Crippen molar-refractivity contribution in [2.75, 3.05) is 26.2 Å². The number of imide groups is 1. The molecule has 3 aliphatic rings. The average Bonchev–Trinajstić information content (AvgIpc) is 3.55. The summed E-state index contributed by atoms with van der Waals surface area (Å²) < 4.78 is 35.5. The van der Waals surface area contributed by atoms with Gasteiger partial charge in [0.25, 0.3) is 5.56 Å². The fraction of sp³-hybridized carbons (Fsp3) is 0.333.